The summed E-state index contributed by atoms with van der Waals surface area (Å²) in [4.78, 5) is 22.5. The van der Waals surface area contributed by atoms with Crippen LogP contribution in [-0.2, 0) is 9.53 Å². The van der Waals surface area contributed by atoms with Crippen LogP contribution in [0.25, 0.3) is 0 Å². The molecule has 19 heavy (non-hydrogen) atoms. The molecule has 1 rings (SSSR count). The first-order valence-electron chi connectivity index (χ1n) is 5.01. The summed E-state index contributed by atoms with van der Waals surface area (Å²) in [5.74, 6) is -9.94. The number of rotatable bonds is 5. The molecule has 0 bridgehead atoms. The molecular weight excluding hydrogens is 268 g/mol. The minimum Gasteiger partial charge on any atom is -0.461 e. The number of ether oxygens (including phenoxy) is 1. The average Bonchev–Trinajstić information content (AvgIpc) is 2.37. The van der Waals surface area contributed by atoms with Crippen LogP contribution in [0, 0.1) is 23.3 Å². The highest BCUT2D eigenvalue weighted by Crippen LogP contribution is 2.20. The van der Waals surface area contributed by atoms with Gasteiger partial charge in [0.25, 0.3) is 0 Å². The van der Waals surface area contributed by atoms with Crippen molar-refractivity contribution in [2.24, 2.45) is 0 Å². The Kier molecular flexibility index (Phi) is 4.80. The Morgan fingerprint density at radius 1 is 1.16 bits per heavy atom. The number of hydrogen-bond acceptors (Lipinski definition) is 3. The molecule has 0 spiro atoms. The molecular formula is C12H8F4O3. The van der Waals surface area contributed by atoms with Gasteiger partial charge in [0.05, 0.1) is 5.56 Å². The molecule has 0 radical (unpaired) electrons. The van der Waals surface area contributed by atoms with Crippen LogP contribution in [0.1, 0.15) is 16.8 Å². The molecule has 0 heterocycles. The van der Waals surface area contributed by atoms with Crippen LogP contribution in [0.5, 0.6) is 0 Å². The molecule has 3 nitrogen and oxygen atoms in total. The van der Waals surface area contributed by atoms with Gasteiger partial charge in [-0.1, -0.05) is 12.7 Å². The molecule has 0 saturated carbocycles. The summed E-state index contributed by atoms with van der Waals surface area (Å²) in [6.45, 7) is 3.09. The van der Waals surface area contributed by atoms with Crippen LogP contribution in [-0.4, -0.2) is 18.4 Å². The van der Waals surface area contributed by atoms with Gasteiger partial charge in [-0.05, 0) is 6.07 Å². The molecule has 0 aliphatic carbocycles. The summed E-state index contributed by atoms with van der Waals surface area (Å²) in [5.41, 5.74) is -1.05. The quantitative estimate of drug-likeness (QED) is 0.158. The van der Waals surface area contributed by atoms with Crippen molar-refractivity contribution in [2.45, 2.75) is 6.42 Å². The molecule has 0 unspecified atom stereocenters. The second kappa shape index (κ2) is 6.12. The highest BCUT2D eigenvalue weighted by molar-refractivity contribution is 6.06. The normalized spacial score (nSPS) is 10.1. The minimum absolute atomic E-state index is 0.166. The lowest BCUT2D eigenvalue weighted by Gasteiger charge is -2.05. The summed E-state index contributed by atoms with van der Waals surface area (Å²) < 4.78 is 56.1. The third-order valence-corrected chi connectivity index (χ3v) is 2.07. The summed E-state index contributed by atoms with van der Waals surface area (Å²) >= 11 is 0. The van der Waals surface area contributed by atoms with Gasteiger partial charge in [0.15, 0.2) is 29.1 Å². The lowest BCUT2D eigenvalue weighted by Crippen LogP contribution is -2.14. The van der Waals surface area contributed by atoms with Crippen LogP contribution in [0.3, 0.4) is 0 Å². The molecule has 0 amide bonds. The number of carbonyl (C=O) groups is 2. The Labute approximate surface area is 105 Å². The Balaban J connectivity index is 2.95. The molecule has 0 aliphatic rings. The molecule has 7 heteroatoms. The van der Waals surface area contributed by atoms with Crippen LogP contribution >= 0.6 is 0 Å². The Morgan fingerprint density at radius 2 is 1.79 bits per heavy atom. The fourth-order valence-electron chi connectivity index (χ4n) is 1.20. The van der Waals surface area contributed by atoms with E-state index in [1.54, 1.807) is 0 Å². The van der Waals surface area contributed by atoms with E-state index in [2.05, 4.69) is 11.3 Å². The van der Waals surface area contributed by atoms with Crippen molar-refractivity contribution in [3.63, 3.8) is 0 Å². The molecule has 0 fully saturated rings. The number of halogens is 4. The van der Waals surface area contributed by atoms with E-state index in [0.29, 0.717) is 0 Å². The fourth-order valence-corrected chi connectivity index (χ4v) is 1.20. The van der Waals surface area contributed by atoms with Crippen molar-refractivity contribution in [3.8, 4) is 0 Å². The summed E-state index contributed by atoms with van der Waals surface area (Å²) in [6.07, 6.45) is 0.315. The first kappa shape index (κ1) is 14.9. The van der Waals surface area contributed by atoms with E-state index in [-0.39, 0.29) is 12.7 Å². The van der Waals surface area contributed by atoms with E-state index < -0.39 is 47.0 Å². The monoisotopic (exact) mass is 276 g/mol. The van der Waals surface area contributed by atoms with Crippen LogP contribution in [0.15, 0.2) is 18.7 Å². The minimum atomic E-state index is -2.11. The van der Waals surface area contributed by atoms with Gasteiger partial charge in [0.2, 0.25) is 0 Å². The van der Waals surface area contributed by atoms with Gasteiger partial charge >= 0.3 is 5.97 Å². The van der Waals surface area contributed by atoms with Crippen molar-refractivity contribution in [1.29, 1.82) is 0 Å². The maximum Gasteiger partial charge on any atom is 0.314 e. The van der Waals surface area contributed by atoms with Crippen LogP contribution in [0.4, 0.5) is 17.6 Å². The highest BCUT2D eigenvalue weighted by Gasteiger charge is 2.24. The standard InChI is InChI=1S/C12H8F4O3/c1-2-3-19-9(18)5-8(17)6-4-7(13)11(15)12(16)10(6)14/h2,4H,1,3,5H2. The topological polar surface area (TPSA) is 43.4 Å². The second-order valence-electron chi connectivity index (χ2n) is 3.42. The van der Waals surface area contributed by atoms with Gasteiger partial charge in [-0.25, -0.2) is 17.6 Å². The number of benzene rings is 1. The second-order valence-corrected chi connectivity index (χ2v) is 3.42. The lowest BCUT2D eigenvalue weighted by atomic mass is 10.1. The van der Waals surface area contributed by atoms with E-state index in [1.807, 2.05) is 0 Å². The largest absolute Gasteiger partial charge is 0.461 e. The first-order chi connectivity index (χ1) is 8.88. The molecule has 1 aromatic rings. The molecule has 0 N–H and O–H groups in total. The van der Waals surface area contributed by atoms with Gasteiger partial charge in [0.1, 0.15) is 13.0 Å². The van der Waals surface area contributed by atoms with Gasteiger partial charge in [-0.3, -0.25) is 9.59 Å². The molecule has 0 atom stereocenters. The van der Waals surface area contributed by atoms with Gasteiger partial charge in [-0.15, -0.1) is 0 Å². The number of ketones is 1. The molecule has 1 aromatic carbocycles. The summed E-state index contributed by atoms with van der Waals surface area (Å²) in [6, 6.07) is 0.191. The SMILES string of the molecule is C=CCOC(=O)CC(=O)c1cc(F)c(F)c(F)c1F. The number of Topliss-reactive ketones (excluding diaryl/α,β-unsaturated/α-hetero) is 1. The van der Waals surface area contributed by atoms with E-state index in [1.165, 1.54) is 6.08 Å². The van der Waals surface area contributed by atoms with Gasteiger partial charge < -0.3 is 4.74 Å². The Morgan fingerprint density at radius 3 is 2.37 bits per heavy atom. The van der Waals surface area contributed by atoms with Crippen LogP contribution in [0.2, 0.25) is 0 Å². The summed E-state index contributed by atoms with van der Waals surface area (Å²) in [7, 11) is 0. The number of carbonyl (C=O) groups excluding carboxylic acids is 2. The third kappa shape index (κ3) is 3.40. The molecule has 102 valence electrons. The van der Waals surface area contributed by atoms with Crippen molar-refractivity contribution < 1.29 is 31.9 Å². The van der Waals surface area contributed by atoms with Gasteiger partial charge in [-0.2, -0.15) is 0 Å². The molecule has 0 aromatic heterocycles. The fraction of sp³-hybridized carbons (Fsp3) is 0.167. The Hall–Kier alpha value is -2.18. The Bertz CT molecular complexity index is 540. The number of esters is 1. The third-order valence-electron chi connectivity index (χ3n) is 2.07. The number of hydrogen-bond donors (Lipinski definition) is 0. The predicted molar refractivity (Wildman–Crippen MR) is 56.4 cm³/mol. The predicted octanol–water partition coefficient (Wildman–Crippen LogP) is 2.55. The first-order valence-corrected chi connectivity index (χ1v) is 5.01. The smallest absolute Gasteiger partial charge is 0.314 e. The summed E-state index contributed by atoms with van der Waals surface area (Å²) in [5, 5.41) is 0. The van der Waals surface area contributed by atoms with Gasteiger partial charge in [0, 0.05) is 0 Å². The van der Waals surface area contributed by atoms with E-state index in [0.717, 1.165) is 0 Å². The van der Waals surface area contributed by atoms with Crippen molar-refractivity contribution in [1.82, 2.24) is 0 Å². The zero-order chi connectivity index (χ0) is 14.6. The zero-order valence-corrected chi connectivity index (χ0v) is 9.51. The van der Waals surface area contributed by atoms with Crippen molar-refractivity contribution in [2.75, 3.05) is 6.61 Å². The average molecular weight is 276 g/mol. The van der Waals surface area contributed by atoms with E-state index in [4.69, 9.17) is 0 Å². The van der Waals surface area contributed by atoms with Crippen molar-refractivity contribution >= 4 is 11.8 Å². The van der Waals surface area contributed by atoms with E-state index in [9.17, 15) is 27.2 Å². The van der Waals surface area contributed by atoms with E-state index >= 15 is 0 Å². The lowest BCUT2D eigenvalue weighted by molar-refractivity contribution is -0.141. The zero-order valence-electron chi connectivity index (χ0n) is 9.51. The van der Waals surface area contributed by atoms with Crippen molar-refractivity contribution in [3.05, 3.63) is 47.6 Å². The molecule has 0 aliphatic heterocycles. The highest BCUT2D eigenvalue weighted by atomic mass is 19.2. The molecule has 0 saturated heterocycles. The van der Waals surface area contributed by atoms with Crippen LogP contribution < -0.4 is 0 Å². The maximum absolute atomic E-state index is 13.2. The maximum atomic E-state index is 13.2.